The highest BCUT2D eigenvalue weighted by Gasteiger charge is 2.31. The van der Waals surface area contributed by atoms with Gasteiger partial charge in [-0.1, -0.05) is 24.3 Å². The molecule has 1 aromatic carbocycles. The second kappa shape index (κ2) is 7.02. The molecule has 142 valence electrons. The van der Waals surface area contributed by atoms with Crippen LogP contribution in [0.25, 0.3) is 31.8 Å². The number of amides is 1. The Hall–Kier alpha value is -2.16. The summed E-state index contributed by atoms with van der Waals surface area (Å²) in [6.07, 6.45) is 2.59. The smallest absolute Gasteiger partial charge is 0.407 e. The summed E-state index contributed by atoms with van der Waals surface area (Å²) < 4.78 is 3.76. The molecule has 2 N–H and O–H groups in total. The second-order valence-corrected chi connectivity index (χ2v) is 9.40. The summed E-state index contributed by atoms with van der Waals surface area (Å²) in [4.78, 5) is 20.6. The number of carbonyl (C=O) groups is 1. The lowest BCUT2D eigenvalue weighted by molar-refractivity contribution is 0.139. The van der Waals surface area contributed by atoms with Crippen LogP contribution in [0.4, 0.5) is 4.79 Å². The van der Waals surface area contributed by atoms with Gasteiger partial charge in [0.1, 0.15) is 5.82 Å². The molecule has 28 heavy (non-hydrogen) atoms. The molecule has 1 atom stereocenters. The Morgan fingerprint density at radius 2 is 1.93 bits per heavy atom. The van der Waals surface area contributed by atoms with E-state index < -0.39 is 6.09 Å². The maximum Gasteiger partial charge on any atom is 0.407 e. The molecule has 8 heteroatoms. The number of fused-ring (bicyclic) bond motifs is 1. The number of H-pyrrole nitrogens is 1. The van der Waals surface area contributed by atoms with Crippen molar-refractivity contribution in [2.45, 2.75) is 18.9 Å². The van der Waals surface area contributed by atoms with Crippen LogP contribution in [0.15, 0.2) is 45.7 Å². The van der Waals surface area contributed by atoms with Gasteiger partial charge in [0.05, 0.1) is 27.3 Å². The number of aromatic nitrogens is 2. The molecule has 0 radical (unpaired) electrons. The number of carboxylic acid groups (broad SMARTS) is 1. The Balaban J connectivity index is 1.42. The van der Waals surface area contributed by atoms with E-state index in [4.69, 9.17) is 0 Å². The monoisotopic (exact) mass is 473 g/mol. The molecule has 0 aliphatic carbocycles. The number of rotatable bonds is 3. The van der Waals surface area contributed by atoms with Gasteiger partial charge in [0.25, 0.3) is 0 Å². The van der Waals surface area contributed by atoms with E-state index in [1.807, 2.05) is 0 Å². The SMILES string of the molecule is O=C(O)N1CCC[C@H]1c1ncc(-c2ccc(-c3csc4c(Br)csc34)cc2)[nH]1. The number of imidazole rings is 1. The average Bonchev–Trinajstić information content (AvgIpc) is 3.47. The number of benzene rings is 1. The third-order valence-corrected chi connectivity index (χ3v) is 8.51. The van der Waals surface area contributed by atoms with Crippen molar-refractivity contribution < 1.29 is 9.90 Å². The van der Waals surface area contributed by atoms with E-state index >= 15 is 0 Å². The van der Waals surface area contributed by atoms with Gasteiger partial charge in [-0.3, -0.25) is 4.90 Å². The minimum atomic E-state index is -0.882. The number of likely N-dealkylation sites (tertiary alicyclic amines) is 1. The van der Waals surface area contributed by atoms with E-state index in [0.717, 1.165) is 34.4 Å². The molecule has 1 saturated heterocycles. The highest BCUT2D eigenvalue weighted by atomic mass is 79.9. The van der Waals surface area contributed by atoms with Crippen LogP contribution in [0.2, 0.25) is 0 Å². The zero-order chi connectivity index (χ0) is 19.3. The number of thiophene rings is 2. The predicted molar refractivity (Wildman–Crippen MR) is 117 cm³/mol. The fraction of sp³-hybridized carbons (Fsp3) is 0.200. The van der Waals surface area contributed by atoms with Crippen molar-refractivity contribution >= 4 is 54.1 Å². The van der Waals surface area contributed by atoms with Crippen LogP contribution < -0.4 is 0 Å². The lowest BCUT2D eigenvalue weighted by Crippen LogP contribution is -2.29. The summed E-state index contributed by atoms with van der Waals surface area (Å²) in [5, 5.41) is 13.7. The van der Waals surface area contributed by atoms with E-state index in [0.29, 0.717) is 6.54 Å². The molecule has 3 aromatic heterocycles. The van der Waals surface area contributed by atoms with Gasteiger partial charge in [-0.25, -0.2) is 9.78 Å². The number of hydrogen-bond acceptors (Lipinski definition) is 4. The van der Waals surface area contributed by atoms with E-state index in [2.05, 4.69) is 60.9 Å². The first-order valence-electron chi connectivity index (χ1n) is 8.91. The van der Waals surface area contributed by atoms with Crippen molar-refractivity contribution in [1.29, 1.82) is 0 Å². The van der Waals surface area contributed by atoms with Gasteiger partial charge in [-0.2, -0.15) is 0 Å². The maximum absolute atomic E-state index is 11.4. The van der Waals surface area contributed by atoms with Crippen molar-refractivity contribution in [2.24, 2.45) is 0 Å². The minimum absolute atomic E-state index is 0.179. The van der Waals surface area contributed by atoms with Gasteiger partial charge in [0, 0.05) is 27.3 Å². The molecular weight excluding hydrogens is 458 g/mol. The summed E-state index contributed by atoms with van der Waals surface area (Å²) >= 11 is 7.12. The summed E-state index contributed by atoms with van der Waals surface area (Å²) in [5.41, 5.74) is 4.40. The first-order chi connectivity index (χ1) is 13.6. The molecule has 0 saturated carbocycles. The number of halogens is 1. The number of nitrogens with one attached hydrogen (secondary N) is 1. The highest BCUT2D eigenvalue weighted by molar-refractivity contribution is 9.10. The predicted octanol–water partition coefficient (Wildman–Crippen LogP) is 6.60. The maximum atomic E-state index is 11.4. The number of aromatic amines is 1. The van der Waals surface area contributed by atoms with Gasteiger partial charge >= 0.3 is 6.09 Å². The Morgan fingerprint density at radius 3 is 2.71 bits per heavy atom. The minimum Gasteiger partial charge on any atom is -0.465 e. The quantitative estimate of drug-likeness (QED) is 0.352. The van der Waals surface area contributed by atoms with Crippen LogP contribution in [-0.4, -0.2) is 32.6 Å². The summed E-state index contributed by atoms with van der Waals surface area (Å²) in [6, 6.07) is 8.25. The van der Waals surface area contributed by atoms with Crippen molar-refractivity contribution in [3.8, 4) is 22.4 Å². The van der Waals surface area contributed by atoms with Crippen LogP contribution in [0.5, 0.6) is 0 Å². The molecule has 0 spiro atoms. The average molecular weight is 474 g/mol. The van der Waals surface area contributed by atoms with Gasteiger partial charge in [0.2, 0.25) is 0 Å². The van der Waals surface area contributed by atoms with Crippen molar-refractivity contribution in [1.82, 2.24) is 14.9 Å². The van der Waals surface area contributed by atoms with Gasteiger partial charge in [-0.05, 0) is 39.9 Å². The third kappa shape index (κ3) is 2.96. The van der Waals surface area contributed by atoms with Gasteiger partial charge < -0.3 is 10.1 Å². The molecule has 4 heterocycles. The first-order valence-corrected chi connectivity index (χ1v) is 11.5. The van der Waals surface area contributed by atoms with Gasteiger partial charge in [0.15, 0.2) is 0 Å². The third-order valence-electron chi connectivity index (χ3n) is 5.16. The normalized spacial score (nSPS) is 16.9. The van der Waals surface area contributed by atoms with E-state index in [1.165, 1.54) is 25.4 Å². The van der Waals surface area contributed by atoms with Crippen molar-refractivity contribution in [3.05, 3.63) is 51.5 Å². The molecule has 5 nitrogen and oxygen atoms in total. The summed E-state index contributed by atoms with van der Waals surface area (Å²) in [7, 11) is 0. The number of nitrogens with zero attached hydrogens (tertiary/aromatic N) is 2. The molecule has 1 amide bonds. The lowest BCUT2D eigenvalue weighted by atomic mass is 10.1. The van der Waals surface area contributed by atoms with Crippen LogP contribution in [0.3, 0.4) is 0 Å². The second-order valence-electron chi connectivity index (χ2n) is 6.78. The molecule has 0 bridgehead atoms. The van der Waals surface area contributed by atoms with Crippen LogP contribution in [0.1, 0.15) is 24.7 Å². The molecule has 1 aliphatic heterocycles. The molecular formula is C20H16BrN3O2S2. The fourth-order valence-corrected chi connectivity index (χ4v) is 6.82. The Kier molecular flexibility index (Phi) is 4.49. The topological polar surface area (TPSA) is 69.2 Å². The van der Waals surface area contributed by atoms with Crippen LogP contribution in [-0.2, 0) is 0 Å². The molecule has 1 aliphatic rings. The molecule has 0 unspecified atom stereocenters. The fourth-order valence-electron chi connectivity index (χ4n) is 3.75. The van der Waals surface area contributed by atoms with Crippen molar-refractivity contribution in [2.75, 3.05) is 6.54 Å². The Labute approximate surface area is 177 Å². The Morgan fingerprint density at radius 1 is 1.18 bits per heavy atom. The number of hydrogen-bond donors (Lipinski definition) is 2. The first kappa shape index (κ1) is 17.9. The van der Waals surface area contributed by atoms with Crippen LogP contribution >= 0.6 is 38.6 Å². The van der Waals surface area contributed by atoms with E-state index in [1.54, 1.807) is 28.9 Å². The van der Waals surface area contributed by atoms with Gasteiger partial charge in [-0.15, -0.1) is 22.7 Å². The van der Waals surface area contributed by atoms with Crippen molar-refractivity contribution in [3.63, 3.8) is 0 Å². The Bertz CT molecular complexity index is 1160. The molecule has 1 fully saturated rings. The van der Waals surface area contributed by atoms with Crippen LogP contribution in [0, 0.1) is 0 Å². The zero-order valence-electron chi connectivity index (χ0n) is 14.7. The highest BCUT2D eigenvalue weighted by Crippen LogP contribution is 2.42. The summed E-state index contributed by atoms with van der Waals surface area (Å²) in [6.45, 7) is 0.568. The zero-order valence-corrected chi connectivity index (χ0v) is 17.9. The largest absolute Gasteiger partial charge is 0.465 e. The standard InChI is InChI=1S/C20H16BrN3O2S2/c21-14-10-28-17-13(9-27-18(14)17)11-3-5-12(6-4-11)15-8-22-19(23-15)16-2-1-7-24(16)20(25)26/h3-6,8-10,16H,1-2,7H2,(H,22,23)(H,25,26)/t16-/m0/s1. The lowest BCUT2D eigenvalue weighted by Gasteiger charge is -2.19. The summed E-state index contributed by atoms with van der Waals surface area (Å²) in [5.74, 6) is 0.724. The molecule has 5 rings (SSSR count). The van der Waals surface area contributed by atoms with E-state index in [9.17, 15) is 9.90 Å². The molecule has 4 aromatic rings. The van der Waals surface area contributed by atoms with E-state index in [-0.39, 0.29) is 6.04 Å².